The monoisotopic (exact) mass is 343 g/mol. The molecule has 116 valence electrons. The third-order valence-electron chi connectivity index (χ3n) is 2.76. The fourth-order valence-corrected chi connectivity index (χ4v) is 3.34. The van der Waals surface area contributed by atoms with Gasteiger partial charge in [0, 0.05) is 0 Å². The summed E-state index contributed by atoms with van der Waals surface area (Å²) in [6.07, 6.45) is 0. The van der Waals surface area contributed by atoms with E-state index in [0.29, 0.717) is 0 Å². The van der Waals surface area contributed by atoms with Gasteiger partial charge in [0.05, 0.1) is 23.4 Å². The van der Waals surface area contributed by atoms with Crippen LogP contribution in [0, 0.1) is 5.82 Å². The molecule has 2 rings (SSSR count). The zero-order valence-electron chi connectivity index (χ0n) is 11.3. The van der Waals surface area contributed by atoms with Crippen LogP contribution in [0.5, 0.6) is 0 Å². The molecule has 0 spiro atoms. The topological polar surface area (TPSA) is 72.5 Å². The van der Waals surface area contributed by atoms with Crippen molar-refractivity contribution in [3.05, 3.63) is 58.9 Å². The highest BCUT2D eigenvalue weighted by molar-refractivity contribution is 7.92. The number of carbonyl (C=O) groups excluding carboxylic acids is 1. The van der Waals surface area contributed by atoms with Gasteiger partial charge < -0.3 is 4.74 Å². The van der Waals surface area contributed by atoms with Crippen LogP contribution in [0.25, 0.3) is 0 Å². The van der Waals surface area contributed by atoms with Gasteiger partial charge in [-0.25, -0.2) is 17.6 Å². The molecule has 2 aromatic rings. The van der Waals surface area contributed by atoms with E-state index in [-0.39, 0.29) is 16.3 Å². The molecule has 2 aromatic carbocycles. The average molecular weight is 344 g/mol. The molecule has 8 heteroatoms. The van der Waals surface area contributed by atoms with Gasteiger partial charge in [0.25, 0.3) is 10.0 Å². The van der Waals surface area contributed by atoms with Crippen molar-refractivity contribution >= 4 is 33.3 Å². The Morgan fingerprint density at radius 1 is 1.23 bits per heavy atom. The lowest BCUT2D eigenvalue weighted by molar-refractivity contribution is 0.0602. The van der Waals surface area contributed by atoms with E-state index < -0.39 is 26.7 Å². The number of hydrogen-bond acceptors (Lipinski definition) is 4. The number of hydrogen-bond donors (Lipinski definition) is 1. The summed E-state index contributed by atoms with van der Waals surface area (Å²) in [5.41, 5.74) is 0.0378. The first-order chi connectivity index (χ1) is 10.3. The largest absolute Gasteiger partial charge is 0.465 e. The predicted molar refractivity (Wildman–Crippen MR) is 80.0 cm³/mol. The minimum atomic E-state index is -4.16. The minimum absolute atomic E-state index is 0.00896. The lowest BCUT2D eigenvalue weighted by Gasteiger charge is -2.12. The van der Waals surface area contributed by atoms with Crippen LogP contribution in [0.2, 0.25) is 5.02 Å². The van der Waals surface area contributed by atoms with Crippen LogP contribution in [-0.4, -0.2) is 21.5 Å². The van der Waals surface area contributed by atoms with Crippen LogP contribution in [-0.2, 0) is 14.8 Å². The SMILES string of the molecule is COC(=O)c1ccccc1NS(=O)(=O)c1cc(F)ccc1Cl. The quantitative estimate of drug-likeness (QED) is 0.866. The van der Waals surface area contributed by atoms with Crippen molar-refractivity contribution in [3.8, 4) is 0 Å². The van der Waals surface area contributed by atoms with Crippen molar-refractivity contribution in [3.63, 3.8) is 0 Å². The van der Waals surface area contributed by atoms with Crippen molar-refractivity contribution < 1.29 is 22.3 Å². The van der Waals surface area contributed by atoms with Crippen molar-refractivity contribution in [2.24, 2.45) is 0 Å². The van der Waals surface area contributed by atoms with E-state index in [0.717, 1.165) is 18.2 Å². The summed E-state index contributed by atoms with van der Waals surface area (Å²) in [5.74, 6) is -1.45. The number of methoxy groups -OCH3 is 1. The Balaban J connectivity index is 2.46. The predicted octanol–water partition coefficient (Wildman–Crippen LogP) is 3.07. The van der Waals surface area contributed by atoms with E-state index in [2.05, 4.69) is 9.46 Å². The maximum Gasteiger partial charge on any atom is 0.339 e. The number of anilines is 1. The summed E-state index contributed by atoms with van der Waals surface area (Å²) in [5, 5.41) is -0.135. The average Bonchev–Trinajstić information content (AvgIpc) is 2.49. The molecule has 0 bridgehead atoms. The molecule has 0 aromatic heterocycles. The molecular weight excluding hydrogens is 333 g/mol. The second-order valence-corrected chi connectivity index (χ2v) is 6.28. The summed E-state index contributed by atoms with van der Waals surface area (Å²) in [7, 11) is -2.98. The fraction of sp³-hybridized carbons (Fsp3) is 0.0714. The smallest absolute Gasteiger partial charge is 0.339 e. The molecule has 0 fully saturated rings. The van der Waals surface area contributed by atoms with Gasteiger partial charge in [-0.15, -0.1) is 0 Å². The molecule has 0 unspecified atom stereocenters. The van der Waals surface area contributed by atoms with Crippen LogP contribution in [0.3, 0.4) is 0 Å². The molecule has 0 saturated carbocycles. The summed E-state index contributed by atoms with van der Waals surface area (Å²) in [6, 6.07) is 8.86. The zero-order valence-corrected chi connectivity index (χ0v) is 12.9. The molecule has 0 aliphatic rings. The number of carbonyl (C=O) groups is 1. The molecule has 22 heavy (non-hydrogen) atoms. The van der Waals surface area contributed by atoms with Gasteiger partial charge in [-0.2, -0.15) is 0 Å². The molecule has 0 aliphatic heterocycles. The first-order valence-electron chi connectivity index (χ1n) is 6.00. The lowest BCUT2D eigenvalue weighted by atomic mass is 10.2. The van der Waals surface area contributed by atoms with Gasteiger partial charge in [-0.05, 0) is 30.3 Å². The molecule has 5 nitrogen and oxygen atoms in total. The Morgan fingerprint density at radius 3 is 2.59 bits per heavy atom. The van der Waals surface area contributed by atoms with Crippen LogP contribution in [0.15, 0.2) is 47.4 Å². The van der Waals surface area contributed by atoms with Crippen molar-refractivity contribution in [2.45, 2.75) is 4.90 Å². The fourth-order valence-electron chi connectivity index (χ4n) is 1.74. The molecule has 1 N–H and O–H groups in total. The number of benzene rings is 2. The van der Waals surface area contributed by atoms with Gasteiger partial charge >= 0.3 is 5.97 Å². The number of para-hydroxylation sites is 1. The van der Waals surface area contributed by atoms with Gasteiger partial charge in [0.15, 0.2) is 0 Å². The first kappa shape index (κ1) is 16.3. The highest BCUT2D eigenvalue weighted by atomic mass is 35.5. The molecule has 0 aliphatic carbocycles. The van der Waals surface area contributed by atoms with Gasteiger partial charge in [0.2, 0.25) is 0 Å². The van der Waals surface area contributed by atoms with Crippen molar-refractivity contribution in [1.82, 2.24) is 0 Å². The number of esters is 1. The van der Waals surface area contributed by atoms with Crippen LogP contribution >= 0.6 is 11.6 Å². The summed E-state index contributed by atoms with van der Waals surface area (Å²) >= 11 is 5.80. The molecule has 0 atom stereocenters. The van der Waals surface area contributed by atoms with E-state index in [1.54, 1.807) is 6.07 Å². The number of nitrogens with one attached hydrogen (secondary N) is 1. The van der Waals surface area contributed by atoms with E-state index >= 15 is 0 Å². The summed E-state index contributed by atoms with van der Waals surface area (Å²) in [4.78, 5) is 11.2. The van der Waals surface area contributed by atoms with Crippen LogP contribution < -0.4 is 4.72 Å². The number of ether oxygens (including phenoxy) is 1. The molecule has 0 saturated heterocycles. The van der Waals surface area contributed by atoms with Crippen molar-refractivity contribution in [1.29, 1.82) is 0 Å². The summed E-state index contributed by atoms with van der Waals surface area (Å²) in [6.45, 7) is 0. The number of halogens is 2. The third kappa shape index (κ3) is 3.37. The van der Waals surface area contributed by atoms with Gasteiger partial charge in [-0.3, -0.25) is 4.72 Å². The van der Waals surface area contributed by atoms with E-state index in [1.165, 1.54) is 25.3 Å². The minimum Gasteiger partial charge on any atom is -0.465 e. The second-order valence-electron chi connectivity index (χ2n) is 4.22. The van der Waals surface area contributed by atoms with Crippen LogP contribution in [0.4, 0.5) is 10.1 Å². The third-order valence-corrected chi connectivity index (χ3v) is 4.61. The number of sulfonamides is 1. The summed E-state index contributed by atoms with van der Waals surface area (Å²) < 4.78 is 44.7. The standard InChI is InChI=1S/C14H11ClFNO4S/c1-21-14(18)10-4-2-3-5-12(10)17-22(19,20)13-8-9(16)6-7-11(13)15/h2-8,17H,1H3. The van der Waals surface area contributed by atoms with Gasteiger partial charge in [0.1, 0.15) is 10.7 Å². The lowest BCUT2D eigenvalue weighted by Crippen LogP contribution is -2.16. The maximum atomic E-state index is 13.3. The highest BCUT2D eigenvalue weighted by Gasteiger charge is 2.21. The first-order valence-corrected chi connectivity index (χ1v) is 7.86. The molecule has 0 amide bonds. The number of rotatable bonds is 4. The van der Waals surface area contributed by atoms with E-state index in [1.807, 2.05) is 0 Å². The maximum absolute atomic E-state index is 13.3. The Kier molecular flexibility index (Phi) is 4.68. The zero-order chi connectivity index (χ0) is 16.3. The van der Waals surface area contributed by atoms with Crippen molar-refractivity contribution in [2.75, 3.05) is 11.8 Å². The van der Waals surface area contributed by atoms with Gasteiger partial charge in [-0.1, -0.05) is 23.7 Å². The molecular formula is C14H11ClFNO4S. The molecule has 0 radical (unpaired) electrons. The molecule has 0 heterocycles. The Bertz CT molecular complexity index is 823. The van der Waals surface area contributed by atoms with E-state index in [9.17, 15) is 17.6 Å². The Morgan fingerprint density at radius 2 is 1.91 bits per heavy atom. The Hall–Kier alpha value is -2.12. The normalized spacial score (nSPS) is 11.0. The highest BCUT2D eigenvalue weighted by Crippen LogP contribution is 2.26. The van der Waals surface area contributed by atoms with Crippen LogP contribution in [0.1, 0.15) is 10.4 Å². The van der Waals surface area contributed by atoms with E-state index in [4.69, 9.17) is 11.6 Å². The second kappa shape index (κ2) is 6.33. The Labute approximate surface area is 131 Å².